The van der Waals surface area contributed by atoms with Gasteiger partial charge >= 0.3 is 0 Å². The van der Waals surface area contributed by atoms with Crippen molar-refractivity contribution in [1.82, 2.24) is 5.32 Å². The molecule has 1 unspecified atom stereocenters. The summed E-state index contributed by atoms with van der Waals surface area (Å²) in [6, 6.07) is 2.16. The summed E-state index contributed by atoms with van der Waals surface area (Å²) in [4.78, 5) is 1.36. The van der Waals surface area contributed by atoms with Crippen LogP contribution in [0.2, 0.25) is 0 Å². The van der Waals surface area contributed by atoms with Gasteiger partial charge < -0.3 is 5.32 Å². The van der Waals surface area contributed by atoms with Gasteiger partial charge in [0, 0.05) is 27.7 Å². The highest BCUT2D eigenvalue weighted by atomic mass is 79.9. The summed E-state index contributed by atoms with van der Waals surface area (Å²) in [5.74, 6) is 0. The van der Waals surface area contributed by atoms with Crippen molar-refractivity contribution in [2.24, 2.45) is 0 Å². The molecule has 80 valence electrons. The number of rotatable bonds is 5. The van der Waals surface area contributed by atoms with Crippen LogP contribution in [-0.2, 0) is 6.54 Å². The highest BCUT2D eigenvalue weighted by molar-refractivity contribution is 9.13. The third-order valence-electron chi connectivity index (χ3n) is 1.83. The quantitative estimate of drug-likeness (QED) is 0.849. The molecule has 1 aromatic rings. The molecule has 0 fully saturated rings. The maximum atomic E-state index is 3.49. The molecule has 14 heavy (non-hydrogen) atoms. The molecule has 0 amide bonds. The van der Waals surface area contributed by atoms with Crippen LogP contribution in [0.15, 0.2) is 14.3 Å². The van der Waals surface area contributed by atoms with Crippen LogP contribution in [0.3, 0.4) is 0 Å². The van der Waals surface area contributed by atoms with E-state index in [-0.39, 0.29) is 0 Å². The Morgan fingerprint density at radius 1 is 1.57 bits per heavy atom. The lowest BCUT2D eigenvalue weighted by Gasteiger charge is -2.08. The van der Waals surface area contributed by atoms with Gasteiger partial charge in [-0.05, 0) is 44.2 Å². The van der Waals surface area contributed by atoms with Crippen LogP contribution in [0.25, 0.3) is 0 Å². The molecule has 0 radical (unpaired) electrons. The van der Waals surface area contributed by atoms with Gasteiger partial charge in [0.2, 0.25) is 0 Å². The largest absolute Gasteiger partial charge is 0.311 e. The molecule has 0 spiro atoms. The predicted molar refractivity (Wildman–Crippen MR) is 74.4 cm³/mol. The van der Waals surface area contributed by atoms with E-state index in [1.807, 2.05) is 11.8 Å². The van der Waals surface area contributed by atoms with E-state index < -0.39 is 0 Å². The monoisotopic (exact) mass is 357 g/mol. The molecule has 1 nitrogen and oxygen atoms in total. The van der Waals surface area contributed by atoms with Gasteiger partial charge in [0.25, 0.3) is 0 Å². The molecule has 1 heterocycles. The number of halogens is 2. The number of nitrogens with one attached hydrogen (secondary N) is 1. The molecule has 0 aliphatic heterocycles. The van der Waals surface area contributed by atoms with Crippen LogP contribution >= 0.6 is 55.0 Å². The van der Waals surface area contributed by atoms with Crippen molar-refractivity contribution in [2.75, 3.05) is 12.8 Å². The van der Waals surface area contributed by atoms with Crippen LogP contribution in [0.4, 0.5) is 0 Å². The fraction of sp³-hybridized carbons (Fsp3) is 0.556. The maximum Gasteiger partial charge on any atom is 0.0843 e. The lowest BCUT2D eigenvalue weighted by molar-refractivity contribution is 0.691. The fourth-order valence-electron chi connectivity index (χ4n) is 0.960. The molecular weight excluding hydrogens is 346 g/mol. The summed E-state index contributed by atoms with van der Waals surface area (Å²) in [5.41, 5.74) is 0. The van der Waals surface area contributed by atoms with Gasteiger partial charge in [0.1, 0.15) is 0 Å². The first-order valence-electron chi connectivity index (χ1n) is 4.30. The van der Waals surface area contributed by atoms with Crippen molar-refractivity contribution in [3.05, 3.63) is 19.2 Å². The Labute approximate surface area is 110 Å². The van der Waals surface area contributed by atoms with E-state index in [4.69, 9.17) is 0 Å². The molecule has 1 N–H and O–H groups in total. The Bertz CT molecular complexity index is 269. The number of hydrogen-bond donors (Lipinski definition) is 1. The van der Waals surface area contributed by atoms with Gasteiger partial charge in [0.05, 0.1) is 3.79 Å². The molecule has 0 aliphatic carbocycles. The summed E-state index contributed by atoms with van der Waals surface area (Å²) in [7, 11) is 0. The van der Waals surface area contributed by atoms with E-state index in [1.165, 1.54) is 8.66 Å². The first-order chi connectivity index (χ1) is 6.63. The third kappa shape index (κ3) is 4.23. The van der Waals surface area contributed by atoms with Gasteiger partial charge in [-0.3, -0.25) is 0 Å². The first kappa shape index (κ1) is 13.0. The molecule has 1 aromatic heterocycles. The fourth-order valence-corrected chi connectivity index (χ4v) is 3.39. The lowest BCUT2D eigenvalue weighted by Crippen LogP contribution is -2.21. The second kappa shape index (κ2) is 6.53. The van der Waals surface area contributed by atoms with Gasteiger partial charge in [-0.2, -0.15) is 11.8 Å². The number of thiophene rings is 1. The second-order valence-electron chi connectivity index (χ2n) is 3.01. The van der Waals surface area contributed by atoms with Crippen LogP contribution in [0.5, 0.6) is 0 Å². The minimum atomic E-state index is 0.682. The van der Waals surface area contributed by atoms with Crippen molar-refractivity contribution in [1.29, 1.82) is 0 Å². The van der Waals surface area contributed by atoms with E-state index in [9.17, 15) is 0 Å². The van der Waals surface area contributed by atoms with Crippen LogP contribution in [-0.4, -0.2) is 18.1 Å². The SMILES string of the molecule is CSC(C)CNCc1cc(Br)c(Br)s1. The summed E-state index contributed by atoms with van der Waals surface area (Å²) in [6.07, 6.45) is 2.14. The predicted octanol–water partition coefficient (Wildman–Crippen LogP) is 4.11. The van der Waals surface area contributed by atoms with Gasteiger partial charge in [-0.15, -0.1) is 11.3 Å². The Morgan fingerprint density at radius 2 is 2.29 bits per heavy atom. The highest BCUT2D eigenvalue weighted by Gasteiger charge is 2.04. The van der Waals surface area contributed by atoms with Crippen molar-refractivity contribution in [3.63, 3.8) is 0 Å². The standard InChI is InChI=1S/C9H13Br2NS2/c1-6(13-2)4-12-5-7-3-8(10)9(11)14-7/h3,6,12H,4-5H2,1-2H3. The van der Waals surface area contributed by atoms with E-state index in [0.29, 0.717) is 5.25 Å². The highest BCUT2D eigenvalue weighted by Crippen LogP contribution is 2.32. The molecule has 0 saturated heterocycles. The molecule has 5 heteroatoms. The molecule has 0 bridgehead atoms. The van der Waals surface area contributed by atoms with Gasteiger partial charge in [0.15, 0.2) is 0 Å². The molecule has 1 atom stereocenters. The van der Waals surface area contributed by atoms with Gasteiger partial charge in [-0.1, -0.05) is 6.92 Å². The molecular formula is C9H13Br2NS2. The van der Waals surface area contributed by atoms with Crippen molar-refractivity contribution < 1.29 is 0 Å². The Morgan fingerprint density at radius 3 is 2.79 bits per heavy atom. The Balaban J connectivity index is 2.31. The zero-order valence-corrected chi connectivity index (χ0v) is 12.9. The molecule has 1 rings (SSSR count). The first-order valence-corrected chi connectivity index (χ1v) is 7.99. The van der Waals surface area contributed by atoms with E-state index in [2.05, 4.69) is 56.4 Å². The van der Waals surface area contributed by atoms with E-state index in [1.54, 1.807) is 11.3 Å². The summed E-state index contributed by atoms with van der Waals surface area (Å²) >= 11 is 10.6. The smallest absolute Gasteiger partial charge is 0.0843 e. The van der Waals surface area contributed by atoms with Crippen molar-refractivity contribution >= 4 is 55.0 Å². The zero-order valence-electron chi connectivity index (χ0n) is 8.14. The van der Waals surface area contributed by atoms with Crippen molar-refractivity contribution in [3.8, 4) is 0 Å². The Hall–Kier alpha value is 0.970. The summed E-state index contributed by atoms with van der Waals surface area (Å²) in [6.45, 7) is 4.26. The van der Waals surface area contributed by atoms with Crippen LogP contribution in [0, 0.1) is 0 Å². The zero-order chi connectivity index (χ0) is 10.6. The molecule has 0 saturated carbocycles. The van der Waals surface area contributed by atoms with Crippen LogP contribution < -0.4 is 5.32 Å². The second-order valence-corrected chi connectivity index (χ2v) is 7.60. The molecule has 0 aromatic carbocycles. The van der Waals surface area contributed by atoms with E-state index >= 15 is 0 Å². The third-order valence-corrected chi connectivity index (χ3v) is 6.06. The van der Waals surface area contributed by atoms with Crippen LogP contribution in [0.1, 0.15) is 11.8 Å². The average molecular weight is 359 g/mol. The Kier molecular flexibility index (Phi) is 6.08. The lowest BCUT2D eigenvalue weighted by atomic mass is 10.4. The molecule has 0 aliphatic rings. The topological polar surface area (TPSA) is 12.0 Å². The number of thioether (sulfide) groups is 1. The number of hydrogen-bond acceptors (Lipinski definition) is 3. The van der Waals surface area contributed by atoms with Gasteiger partial charge in [-0.25, -0.2) is 0 Å². The maximum absolute atomic E-state index is 3.49. The summed E-state index contributed by atoms with van der Waals surface area (Å²) < 4.78 is 2.32. The normalized spacial score (nSPS) is 13.1. The summed E-state index contributed by atoms with van der Waals surface area (Å²) in [5, 5.41) is 4.12. The minimum absolute atomic E-state index is 0.682. The van der Waals surface area contributed by atoms with Crippen molar-refractivity contribution in [2.45, 2.75) is 18.7 Å². The minimum Gasteiger partial charge on any atom is -0.311 e. The van der Waals surface area contributed by atoms with E-state index in [0.717, 1.165) is 17.6 Å². The average Bonchev–Trinajstić information content (AvgIpc) is 2.46.